The summed E-state index contributed by atoms with van der Waals surface area (Å²) < 4.78 is 12.2. The minimum absolute atomic E-state index is 0.00459. The van der Waals surface area contributed by atoms with E-state index in [0.717, 1.165) is 0 Å². The fraction of sp³-hybridized carbons (Fsp3) is 0.0909. The van der Waals surface area contributed by atoms with Gasteiger partial charge in [0.1, 0.15) is 23.0 Å². The molecule has 0 amide bonds. The van der Waals surface area contributed by atoms with E-state index >= 15 is 0 Å². The van der Waals surface area contributed by atoms with Crippen LogP contribution in [0.4, 0.5) is 0 Å². The Kier molecular flexibility index (Phi) is 3.86. The van der Waals surface area contributed by atoms with Crippen LogP contribution < -0.4 is 4.74 Å². The van der Waals surface area contributed by atoms with Gasteiger partial charge in [-0.3, -0.25) is 4.79 Å². The molecule has 0 unspecified atom stereocenters. The number of carbonyl (C=O) groups excluding carboxylic acids is 2. The average Bonchev–Trinajstić information content (AvgIpc) is 2.99. The van der Waals surface area contributed by atoms with Gasteiger partial charge in [0.15, 0.2) is 11.4 Å². The molecule has 5 rings (SSSR count). The number of rotatable bonds is 2. The fourth-order valence-electron chi connectivity index (χ4n) is 3.96. The molecule has 0 atom stereocenters. The molecular weight excluding hydrogens is 487 g/mol. The predicted octanol–water partition coefficient (Wildman–Crippen LogP) is 4.28. The molecule has 2 aliphatic rings. The van der Waals surface area contributed by atoms with E-state index in [1.54, 1.807) is 30.3 Å². The van der Waals surface area contributed by atoms with Crippen LogP contribution in [0.1, 0.15) is 37.4 Å². The van der Waals surface area contributed by atoms with Crippen molar-refractivity contribution < 1.29 is 29.3 Å². The number of carbonyl (C=O) groups is 2. The molecule has 0 saturated heterocycles. The average molecular weight is 500 g/mol. The molecule has 3 aromatic carbocycles. The van der Waals surface area contributed by atoms with E-state index in [0.29, 0.717) is 43.7 Å². The number of hydrogen-bond acceptors (Lipinski definition) is 6. The number of alkyl halides is 1. The smallest absolute Gasteiger partial charge is 0.340 e. The van der Waals surface area contributed by atoms with Crippen molar-refractivity contribution >= 4 is 34.3 Å². The van der Waals surface area contributed by atoms with E-state index in [2.05, 4.69) is 0 Å². The Morgan fingerprint density at radius 3 is 2.07 bits per heavy atom. The molecule has 7 heteroatoms. The van der Waals surface area contributed by atoms with Gasteiger partial charge in [0, 0.05) is 34.4 Å². The molecular formula is C22H13IO6. The van der Waals surface area contributed by atoms with Crippen LogP contribution >= 0.6 is 22.6 Å². The maximum absolute atomic E-state index is 12.9. The van der Waals surface area contributed by atoms with Crippen molar-refractivity contribution in [2.75, 3.05) is 4.43 Å². The van der Waals surface area contributed by atoms with Crippen LogP contribution in [0.2, 0.25) is 0 Å². The van der Waals surface area contributed by atoms with E-state index in [-0.39, 0.29) is 17.3 Å². The van der Waals surface area contributed by atoms with Crippen LogP contribution in [0.15, 0.2) is 54.6 Å². The van der Waals surface area contributed by atoms with Crippen LogP contribution in [-0.2, 0) is 10.3 Å². The summed E-state index contributed by atoms with van der Waals surface area (Å²) in [6.07, 6.45) is 0. The van der Waals surface area contributed by atoms with E-state index < -0.39 is 11.6 Å². The first-order chi connectivity index (χ1) is 13.9. The minimum Gasteiger partial charge on any atom is -0.508 e. The lowest BCUT2D eigenvalue weighted by molar-refractivity contribution is 0.0224. The number of phenolic OH excluding ortho intramolecular Hbond substituents is 2. The second-order valence-electron chi connectivity index (χ2n) is 6.85. The number of phenols is 2. The lowest BCUT2D eigenvalue weighted by atomic mass is 9.77. The molecule has 2 N–H and O–H groups in total. The SMILES string of the molecule is O=C(CI)c1ccc2c(c1)C(=O)OC21c2ccc(O)cc2Oc2cc(O)ccc21. The standard InChI is InChI=1S/C22H13IO6/c23-10-18(26)11-1-4-15-14(7-11)21(27)29-22(15)16-5-2-12(24)8-19(16)28-20-9-13(25)3-6-17(20)22/h1-9,24-25H,10H2. The highest BCUT2D eigenvalue weighted by Gasteiger charge is 2.53. The molecule has 2 heterocycles. The summed E-state index contributed by atoms with van der Waals surface area (Å²) in [6.45, 7) is 0. The summed E-state index contributed by atoms with van der Waals surface area (Å²) in [5.74, 6) is -0.00904. The number of fused-ring (bicyclic) bond motifs is 6. The number of esters is 1. The molecule has 0 bridgehead atoms. The second kappa shape index (κ2) is 6.21. The topological polar surface area (TPSA) is 93.1 Å². The van der Waals surface area contributed by atoms with E-state index in [4.69, 9.17) is 9.47 Å². The summed E-state index contributed by atoms with van der Waals surface area (Å²) in [5, 5.41) is 19.8. The lowest BCUT2D eigenvalue weighted by Gasteiger charge is -2.36. The number of halogens is 1. The third kappa shape index (κ3) is 2.46. The molecule has 2 aliphatic heterocycles. The Hall–Kier alpha value is -3.07. The van der Waals surface area contributed by atoms with Gasteiger partial charge in [-0.2, -0.15) is 0 Å². The number of aromatic hydroxyl groups is 2. The summed E-state index contributed by atoms with van der Waals surface area (Å²) in [5.41, 5.74) is 1.12. The monoisotopic (exact) mass is 500 g/mol. The van der Waals surface area contributed by atoms with Crippen molar-refractivity contribution in [2.24, 2.45) is 0 Å². The molecule has 6 nitrogen and oxygen atoms in total. The summed E-state index contributed by atoms with van der Waals surface area (Å²) in [7, 11) is 0. The number of hydrogen-bond donors (Lipinski definition) is 2. The highest BCUT2D eigenvalue weighted by atomic mass is 127. The van der Waals surface area contributed by atoms with E-state index in [9.17, 15) is 19.8 Å². The minimum atomic E-state index is -1.30. The van der Waals surface area contributed by atoms with Gasteiger partial charge in [-0.1, -0.05) is 34.7 Å². The molecule has 3 aromatic rings. The van der Waals surface area contributed by atoms with Crippen molar-refractivity contribution in [1.82, 2.24) is 0 Å². The third-order valence-electron chi connectivity index (χ3n) is 5.22. The highest BCUT2D eigenvalue weighted by Crippen LogP contribution is 2.57. The van der Waals surface area contributed by atoms with Crippen molar-refractivity contribution in [2.45, 2.75) is 5.60 Å². The van der Waals surface area contributed by atoms with Gasteiger partial charge in [0.25, 0.3) is 0 Å². The molecule has 29 heavy (non-hydrogen) atoms. The van der Waals surface area contributed by atoms with Gasteiger partial charge >= 0.3 is 5.97 Å². The van der Waals surface area contributed by atoms with Gasteiger partial charge in [0.05, 0.1) is 9.99 Å². The Morgan fingerprint density at radius 2 is 1.48 bits per heavy atom. The lowest BCUT2D eigenvalue weighted by Crippen LogP contribution is -2.32. The first-order valence-electron chi connectivity index (χ1n) is 8.76. The number of Topliss-reactive ketones (excluding diaryl/α,β-unsaturated/α-hetero) is 1. The zero-order chi connectivity index (χ0) is 20.3. The van der Waals surface area contributed by atoms with Gasteiger partial charge in [-0.05, 0) is 30.3 Å². The Bertz CT molecular complexity index is 1160. The quantitative estimate of drug-likeness (QED) is 0.236. The highest BCUT2D eigenvalue weighted by molar-refractivity contribution is 14.1. The van der Waals surface area contributed by atoms with Gasteiger partial charge in [0.2, 0.25) is 0 Å². The molecule has 0 saturated carbocycles. The second-order valence-corrected chi connectivity index (χ2v) is 7.61. The molecule has 1 spiro atoms. The maximum atomic E-state index is 12.9. The maximum Gasteiger partial charge on any atom is 0.340 e. The van der Waals surface area contributed by atoms with Gasteiger partial charge in [-0.25, -0.2) is 4.79 Å². The number of benzene rings is 3. The zero-order valence-electron chi connectivity index (χ0n) is 14.8. The van der Waals surface area contributed by atoms with E-state index in [1.807, 2.05) is 22.6 Å². The number of ketones is 1. The van der Waals surface area contributed by atoms with Crippen molar-refractivity contribution in [1.29, 1.82) is 0 Å². The molecule has 144 valence electrons. The van der Waals surface area contributed by atoms with Crippen LogP contribution in [0.25, 0.3) is 0 Å². The molecule has 0 aliphatic carbocycles. The van der Waals surface area contributed by atoms with Crippen molar-refractivity contribution in [3.05, 3.63) is 82.4 Å². The zero-order valence-corrected chi connectivity index (χ0v) is 17.0. The summed E-state index contributed by atoms with van der Waals surface area (Å²) >= 11 is 1.98. The number of ether oxygens (including phenoxy) is 2. The summed E-state index contributed by atoms with van der Waals surface area (Å²) in [4.78, 5) is 25.0. The van der Waals surface area contributed by atoms with Crippen molar-refractivity contribution in [3.8, 4) is 23.0 Å². The normalized spacial score (nSPS) is 15.1. The van der Waals surface area contributed by atoms with Crippen LogP contribution in [0.3, 0.4) is 0 Å². The Labute approximate surface area is 178 Å². The van der Waals surface area contributed by atoms with Crippen LogP contribution in [-0.4, -0.2) is 26.4 Å². The molecule has 0 radical (unpaired) electrons. The first kappa shape index (κ1) is 18.0. The van der Waals surface area contributed by atoms with E-state index in [1.165, 1.54) is 24.3 Å². The van der Waals surface area contributed by atoms with Crippen LogP contribution in [0, 0.1) is 0 Å². The first-order valence-corrected chi connectivity index (χ1v) is 10.3. The Morgan fingerprint density at radius 1 is 0.897 bits per heavy atom. The fourth-order valence-corrected chi connectivity index (χ4v) is 4.40. The van der Waals surface area contributed by atoms with Crippen molar-refractivity contribution in [3.63, 3.8) is 0 Å². The largest absolute Gasteiger partial charge is 0.508 e. The van der Waals surface area contributed by atoms with Crippen LogP contribution in [0.5, 0.6) is 23.0 Å². The predicted molar refractivity (Wildman–Crippen MR) is 111 cm³/mol. The van der Waals surface area contributed by atoms with Gasteiger partial charge in [-0.15, -0.1) is 0 Å². The third-order valence-corrected chi connectivity index (χ3v) is 5.91. The Balaban J connectivity index is 1.83. The van der Waals surface area contributed by atoms with Gasteiger partial charge < -0.3 is 19.7 Å². The molecule has 0 fully saturated rings. The molecule has 0 aromatic heterocycles. The summed E-state index contributed by atoms with van der Waals surface area (Å²) in [6, 6.07) is 14.1.